The molecule has 0 spiro atoms. The Morgan fingerprint density at radius 1 is 1.12 bits per heavy atom. The summed E-state index contributed by atoms with van der Waals surface area (Å²) >= 11 is 17.8. The summed E-state index contributed by atoms with van der Waals surface area (Å²) < 4.78 is 20.7. The lowest BCUT2D eigenvalue weighted by Crippen LogP contribution is -2.30. The van der Waals surface area contributed by atoms with Crippen molar-refractivity contribution >= 4 is 65.7 Å². The standard InChI is InChI=1S/C14H9Cl2NO5.C12H14ClNO2.C5H12NO4P/c1-21-14(18)10-7-9(3-4-12(10)17(19)20)22-13-5-2-8(15)6-11(13)16;1-12(2)8-16-14(11(12)15)7-9-5-3-4-6-10(9)13;1-11(9,10)3-2-4(6)5(7)8/h2-7H,1H3;3-6H,7-8H2,1-2H3;4H,2-3,6H2,1H3,(H,7,8)(H,9,10). The van der Waals surface area contributed by atoms with Gasteiger partial charge in [-0.2, -0.15) is 0 Å². The van der Waals surface area contributed by atoms with Crippen molar-refractivity contribution in [3.63, 3.8) is 0 Å². The third-order valence-corrected chi connectivity index (χ3v) is 8.51. The zero-order valence-corrected chi connectivity index (χ0v) is 30.0. The topological polar surface area (TPSA) is 209 Å². The summed E-state index contributed by atoms with van der Waals surface area (Å²) in [6, 6.07) is 14.8. The van der Waals surface area contributed by atoms with Crippen LogP contribution >= 0.6 is 42.2 Å². The van der Waals surface area contributed by atoms with E-state index in [9.17, 15) is 29.1 Å². The lowest BCUT2D eigenvalue weighted by Gasteiger charge is -2.16. The number of nitrogens with zero attached hydrogens (tertiary/aromatic N) is 2. The molecule has 0 bridgehead atoms. The minimum Gasteiger partial charge on any atom is -0.480 e. The Kier molecular flexibility index (Phi) is 15.5. The fourth-order valence-corrected chi connectivity index (χ4v) is 5.19. The SMILES string of the molecule is CC1(C)CON(Cc2ccccc2Cl)C1=O.COC(=O)c1cc(Oc2ccc(Cl)cc2Cl)ccc1[N+](=O)[O-].CP(=O)(O)CCC(N)C(=O)O. The first-order valence-corrected chi connectivity index (χ1v) is 17.6. The van der Waals surface area contributed by atoms with E-state index in [1.807, 2.05) is 38.1 Å². The number of carbonyl (C=O) groups is 3. The maximum absolute atomic E-state index is 11.9. The Hall–Kier alpha value is -3.75. The molecule has 1 aliphatic heterocycles. The van der Waals surface area contributed by atoms with Crippen molar-refractivity contribution in [2.45, 2.75) is 32.9 Å². The van der Waals surface area contributed by atoms with Crippen molar-refractivity contribution in [2.75, 3.05) is 26.5 Å². The van der Waals surface area contributed by atoms with Crippen LogP contribution in [0.4, 0.5) is 5.69 Å². The molecule has 1 heterocycles. The second-order valence-electron chi connectivity index (χ2n) is 11.2. The molecular formula is C31H35Cl3N3O11P. The number of methoxy groups -OCH3 is 1. The molecule has 1 saturated heterocycles. The van der Waals surface area contributed by atoms with E-state index in [-0.39, 0.29) is 40.5 Å². The number of hydroxylamine groups is 2. The molecule has 4 rings (SSSR count). The Bertz CT molecular complexity index is 1720. The summed E-state index contributed by atoms with van der Waals surface area (Å²) in [6.07, 6.45) is 0.0000772. The van der Waals surface area contributed by atoms with Crippen LogP contribution in [0.5, 0.6) is 11.5 Å². The lowest BCUT2D eigenvalue weighted by molar-refractivity contribution is -0.385. The molecule has 1 aliphatic rings. The maximum atomic E-state index is 11.9. The van der Waals surface area contributed by atoms with E-state index in [1.54, 1.807) is 12.1 Å². The minimum atomic E-state index is -3.10. The smallest absolute Gasteiger partial charge is 0.345 e. The second kappa shape index (κ2) is 18.3. The number of amides is 1. The molecular weight excluding hydrogens is 728 g/mol. The molecule has 18 heteroatoms. The van der Waals surface area contributed by atoms with Gasteiger partial charge < -0.3 is 25.2 Å². The van der Waals surface area contributed by atoms with Crippen LogP contribution < -0.4 is 10.5 Å². The second-order valence-corrected chi connectivity index (χ2v) is 15.0. The maximum Gasteiger partial charge on any atom is 0.345 e. The first-order valence-electron chi connectivity index (χ1n) is 14.2. The molecule has 49 heavy (non-hydrogen) atoms. The van der Waals surface area contributed by atoms with Gasteiger partial charge in [0.1, 0.15) is 23.1 Å². The van der Waals surface area contributed by atoms with Gasteiger partial charge in [0.15, 0.2) is 7.37 Å². The number of aliphatic carboxylic acids is 1. The molecule has 2 atom stereocenters. The lowest BCUT2D eigenvalue weighted by atomic mass is 9.95. The number of rotatable bonds is 10. The Morgan fingerprint density at radius 2 is 1.78 bits per heavy atom. The fraction of sp³-hybridized carbons (Fsp3) is 0.323. The van der Waals surface area contributed by atoms with Gasteiger partial charge in [-0.1, -0.05) is 53.0 Å². The number of carboxylic acids is 1. The molecule has 1 fully saturated rings. The van der Waals surface area contributed by atoms with E-state index in [1.165, 1.54) is 29.9 Å². The molecule has 2 unspecified atom stereocenters. The van der Waals surface area contributed by atoms with Crippen LogP contribution in [0.15, 0.2) is 60.7 Å². The van der Waals surface area contributed by atoms with Crippen molar-refractivity contribution in [2.24, 2.45) is 11.1 Å². The number of nitrogens with two attached hydrogens (primary N) is 1. The zero-order chi connectivity index (χ0) is 37.1. The van der Waals surface area contributed by atoms with Crippen LogP contribution in [0.25, 0.3) is 0 Å². The Balaban J connectivity index is 0.000000272. The molecule has 0 aliphatic carbocycles. The summed E-state index contributed by atoms with van der Waals surface area (Å²) in [5.74, 6) is -1.46. The molecule has 0 saturated carbocycles. The number of esters is 1. The molecule has 3 aromatic carbocycles. The number of hydrogen-bond donors (Lipinski definition) is 3. The van der Waals surface area contributed by atoms with E-state index in [2.05, 4.69) is 4.74 Å². The highest BCUT2D eigenvalue weighted by Crippen LogP contribution is 2.36. The summed E-state index contributed by atoms with van der Waals surface area (Å²) in [4.78, 5) is 58.0. The van der Waals surface area contributed by atoms with Gasteiger partial charge in [-0.05, 0) is 56.2 Å². The predicted molar refractivity (Wildman–Crippen MR) is 184 cm³/mol. The van der Waals surface area contributed by atoms with Crippen LogP contribution in [0.3, 0.4) is 0 Å². The van der Waals surface area contributed by atoms with Gasteiger partial charge in [-0.15, -0.1) is 0 Å². The quantitative estimate of drug-likeness (QED) is 0.0842. The Labute approximate surface area is 297 Å². The molecule has 0 aromatic heterocycles. The van der Waals surface area contributed by atoms with E-state index < -0.39 is 35.7 Å². The number of carbonyl (C=O) groups excluding carboxylic acids is 2. The van der Waals surface area contributed by atoms with E-state index in [0.717, 1.165) is 18.7 Å². The monoisotopic (exact) mass is 761 g/mol. The number of nitro groups is 1. The number of hydrogen-bond acceptors (Lipinski definition) is 10. The minimum absolute atomic E-state index is 0.00687. The zero-order valence-electron chi connectivity index (χ0n) is 26.8. The Morgan fingerprint density at radius 3 is 2.29 bits per heavy atom. The predicted octanol–water partition coefficient (Wildman–Crippen LogP) is 6.81. The van der Waals surface area contributed by atoms with Gasteiger partial charge in [0.25, 0.3) is 11.6 Å². The number of benzene rings is 3. The van der Waals surface area contributed by atoms with Crippen LogP contribution in [0, 0.1) is 15.5 Å². The average molecular weight is 763 g/mol. The van der Waals surface area contributed by atoms with Crippen molar-refractivity contribution in [3.05, 3.63) is 97.0 Å². The highest BCUT2D eigenvalue weighted by atomic mass is 35.5. The third-order valence-electron chi connectivity index (χ3n) is 6.52. The highest BCUT2D eigenvalue weighted by Gasteiger charge is 2.40. The van der Waals surface area contributed by atoms with E-state index in [0.29, 0.717) is 28.9 Å². The van der Waals surface area contributed by atoms with Crippen molar-refractivity contribution in [1.29, 1.82) is 0 Å². The van der Waals surface area contributed by atoms with Crippen molar-refractivity contribution in [1.82, 2.24) is 5.06 Å². The summed E-state index contributed by atoms with van der Waals surface area (Å²) in [6.45, 7) is 5.77. The summed E-state index contributed by atoms with van der Waals surface area (Å²) in [5.41, 5.74) is 4.97. The van der Waals surface area contributed by atoms with E-state index >= 15 is 0 Å². The summed E-state index contributed by atoms with van der Waals surface area (Å²) in [5, 5.41) is 22.0. The molecule has 14 nitrogen and oxygen atoms in total. The normalized spacial score (nSPS) is 15.0. The first-order chi connectivity index (χ1) is 22.7. The number of nitro benzene ring substituents is 1. The van der Waals surface area contributed by atoms with Gasteiger partial charge in [-0.3, -0.25) is 29.1 Å². The third kappa shape index (κ3) is 13.2. The summed E-state index contributed by atoms with van der Waals surface area (Å²) in [7, 11) is -1.97. The highest BCUT2D eigenvalue weighted by molar-refractivity contribution is 7.57. The molecule has 3 aromatic rings. The van der Waals surface area contributed by atoms with E-state index in [4.69, 9.17) is 60.1 Å². The first kappa shape index (κ1) is 41.4. The molecule has 0 radical (unpaired) electrons. The van der Waals surface area contributed by atoms with Gasteiger partial charge in [0.05, 0.1) is 35.6 Å². The van der Waals surface area contributed by atoms with Crippen LogP contribution in [-0.2, 0) is 30.3 Å². The average Bonchev–Trinajstić information content (AvgIpc) is 3.28. The van der Waals surface area contributed by atoms with Gasteiger partial charge in [0, 0.05) is 35.0 Å². The molecule has 266 valence electrons. The van der Waals surface area contributed by atoms with Gasteiger partial charge >= 0.3 is 11.9 Å². The van der Waals surface area contributed by atoms with Crippen LogP contribution in [0.1, 0.15) is 36.2 Å². The van der Waals surface area contributed by atoms with Crippen LogP contribution in [-0.4, -0.2) is 70.4 Å². The van der Waals surface area contributed by atoms with Gasteiger partial charge in [-0.25, -0.2) is 9.86 Å². The number of carboxylic acid groups (broad SMARTS) is 1. The largest absolute Gasteiger partial charge is 0.480 e. The molecule has 1 amide bonds. The van der Waals surface area contributed by atoms with Crippen molar-refractivity contribution in [3.8, 4) is 11.5 Å². The van der Waals surface area contributed by atoms with Crippen molar-refractivity contribution < 1.29 is 48.2 Å². The van der Waals surface area contributed by atoms with Gasteiger partial charge in [0.2, 0.25) is 0 Å². The number of halogens is 3. The fourth-order valence-electron chi connectivity index (χ4n) is 3.79. The molecule has 4 N–H and O–H groups in total. The number of ether oxygens (including phenoxy) is 2. The van der Waals surface area contributed by atoms with Crippen LogP contribution in [0.2, 0.25) is 15.1 Å².